The average molecular weight is 320 g/mol. The highest BCUT2D eigenvalue weighted by molar-refractivity contribution is 6.07. The van der Waals surface area contributed by atoms with E-state index >= 15 is 0 Å². The molecule has 0 atom stereocenters. The van der Waals surface area contributed by atoms with Crippen LogP contribution in [0.5, 0.6) is 11.5 Å². The lowest BCUT2D eigenvalue weighted by Gasteiger charge is -2.06. The Balaban J connectivity index is 1.86. The number of ether oxygens (including phenoxy) is 2. The second-order valence-corrected chi connectivity index (χ2v) is 5.10. The summed E-state index contributed by atoms with van der Waals surface area (Å²) in [6.45, 7) is 0. The van der Waals surface area contributed by atoms with E-state index in [0.717, 1.165) is 16.6 Å². The summed E-state index contributed by atoms with van der Waals surface area (Å²) in [5.41, 5.74) is 2.99. The standard InChI is InChI=1S/C19H16N2O3/c1-23-15-10-14(11-16(12-15)24-2)19(22)6-4-13-3-5-17-18(9-13)21-8-7-20-17/h3-12H,1-2H3/b6-4+. The first-order valence-electron chi connectivity index (χ1n) is 7.36. The summed E-state index contributed by atoms with van der Waals surface area (Å²) >= 11 is 0. The molecule has 0 spiro atoms. The van der Waals surface area contributed by atoms with Crippen molar-refractivity contribution in [3.05, 3.63) is 66.0 Å². The molecule has 2 aromatic carbocycles. The van der Waals surface area contributed by atoms with Crippen LogP contribution in [-0.4, -0.2) is 30.0 Å². The lowest BCUT2D eigenvalue weighted by Crippen LogP contribution is -1.97. The molecule has 0 saturated carbocycles. The summed E-state index contributed by atoms with van der Waals surface area (Å²) in [5.74, 6) is 1.02. The zero-order chi connectivity index (χ0) is 16.9. The van der Waals surface area contributed by atoms with E-state index in [2.05, 4.69) is 9.97 Å². The Kier molecular flexibility index (Phi) is 4.52. The van der Waals surface area contributed by atoms with Crippen LogP contribution in [0.4, 0.5) is 0 Å². The fourth-order valence-electron chi connectivity index (χ4n) is 2.30. The molecule has 1 heterocycles. The molecule has 5 nitrogen and oxygen atoms in total. The number of hydrogen-bond acceptors (Lipinski definition) is 5. The van der Waals surface area contributed by atoms with Gasteiger partial charge in [0, 0.05) is 24.0 Å². The average Bonchev–Trinajstić information content (AvgIpc) is 2.65. The van der Waals surface area contributed by atoms with Gasteiger partial charge in [-0.15, -0.1) is 0 Å². The van der Waals surface area contributed by atoms with Gasteiger partial charge in [0.25, 0.3) is 0 Å². The molecule has 3 rings (SSSR count). The van der Waals surface area contributed by atoms with Crippen LogP contribution in [0.3, 0.4) is 0 Å². The maximum atomic E-state index is 12.4. The van der Waals surface area contributed by atoms with Crippen LogP contribution in [0.25, 0.3) is 17.1 Å². The molecule has 24 heavy (non-hydrogen) atoms. The predicted octanol–water partition coefficient (Wildman–Crippen LogP) is 3.54. The maximum absolute atomic E-state index is 12.4. The highest BCUT2D eigenvalue weighted by Crippen LogP contribution is 2.23. The number of carbonyl (C=O) groups is 1. The van der Waals surface area contributed by atoms with Crippen molar-refractivity contribution in [2.75, 3.05) is 14.2 Å². The fourth-order valence-corrected chi connectivity index (χ4v) is 2.30. The molecule has 0 radical (unpaired) electrons. The van der Waals surface area contributed by atoms with Gasteiger partial charge in [-0.05, 0) is 35.9 Å². The number of aromatic nitrogens is 2. The first-order valence-corrected chi connectivity index (χ1v) is 7.36. The summed E-state index contributed by atoms with van der Waals surface area (Å²) in [4.78, 5) is 20.9. The minimum absolute atomic E-state index is 0.133. The predicted molar refractivity (Wildman–Crippen MR) is 92.4 cm³/mol. The first-order chi connectivity index (χ1) is 11.7. The zero-order valence-electron chi connectivity index (χ0n) is 13.4. The molecule has 120 valence electrons. The molecule has 0 amide bonds. The van der Waals surface area contributed by atoms with Crippen LogP contribution in [0.1, 0.15) is 15.9 Å². The number of rotatable bonds is 5. The summed E-state index contributed by atoms with van der Waals surface area (Å²) < 4.78 is 10.4. The number of carbonyl (C=O) groups excluding carboxylic acids is 1. The Hall–Kier alpha value is -3.21. The molecule has 5 heteroatoms. The van der Waals surface area contributed by atoms with Crippen molar-refractivity contribution in [3.63, 3.8) is 0 Å². The number of methoxy groups -OCH3 is 2. The highest BCUT2D eigenvalue weighted by atomic mass is 16.5. The number of ketones is 1. The van der Waals surface area contributed by atoms with Crippen molar-refractivity contribution in [2.45, 2.75) is 0 Å². The fraction of sp³-hybridized carbons (Fsp3) is 0.105. The zero-order valence-corrected chi connectivity index (χ0v) is 13.4. The van der Waals surface area contributed by atoms with Crippen molar-refractivity contribution in [1.82, 2.24) is 9.97 Å². The maximum Gasteiger partial charge on any atom is 0.186 e. The molecule has 0 aliphatic heterocycles. The number of benzene rings is 2. The van der Waals surface area contributed by atoms with Gasteiger partial charge in [0.05, 0.1) is 25.3 Å². The van der Waals surface area contributed by atoms with E-state index in [1.54, 1.807) is 50.9 Å². The van der Waals surface area contributed by atoms with E-state index in [-0.39, 0.29) is 5.78 Å². The SMILES string of the molecule is COc1cc(OC)cc(C(=O)/C=C/c2ccc3nccnc3c2)c1. The first kappa shape index (κ1) is 15.7. The molecule has 3 aromatic rings. The molecule has 0 N–H and O–H groups in total. The Labute approximate surface area is 139 Å². The van der Waals surface area contributed by atoms with Gasteiger partial charge >= 0.3 is 0 Å². The molecule has 0 fully saturated rings. The van der Waals surface area contributed by atoms with Gasteiger partial charge in [-0.1, -0.05) is 12.1 Å². The summed E-state index contributed by atoms with van der Waals surface area (Å²) in [5, 5.41) is 0. The number of hydrogen-bond donors (Lipinski definition) is 0. The van der Waals surface area contributed by atoms with Crippen LogP contribution < -0.4 is 9.47 Å². The van der Waals surface area contributed by atoms with E-state index in [1.807, 2.05) is 18.2 Å². The lowest BCUT2D eigenvalue weighted by atomic mass is 10.1. The summed E-state index contributed by atoms with van der Waals surface area (Å²) in [6, 6.07) is 10.7. The second kappa shape index (κ2) is 6.91. The molecule has 0 aliphatic rings. The minimum atomic E-state index is -0.133. The van der Waals surface area contributed by atoms with Crippen molar-refractivity contribution in [3.8, 4) is 11.5 Å². The van der Waals surface area contributed by atoms with Crippen LogP contribution in [0, 0.1) is 0 Å². The van der Waals surface area contributed by atoms with E-state index in [1.165, 1.54) is 6.08 Å². The van der Waals surface area contributed by atoms with Gasteiger partial charge < -0.3 is 9.47 Å². The minimum Gasteiger partial charge on any atom is -0.497 e. The Morgan fingerprint density at radius 1 is 0.917 bits per heavy atom. The third kappa shape index (κ3) is 3.41. The number of fused-ring (bicyclic) bond motifs is 1. The van der Waals surface area contributed by atoms with E-state index in [4.69, 9.17) is 9.47 Å². The summed E-state index contributed by atoms with van der Waals surface area (Å²) in [7, 11) is 3.10. The van der Waals surface area contributed by atoms with Gasteiger partial charge in [-0.3, -0.25) is 14.8 Å². The molecule has 1 aromatic heterocycles. The normalized spacial score (nSPS) is 10.9. The van der Waals surface area contributed by atoms with Gasteiger partial charge in [-0.25, -0.2) is 0 Å². The van der Waals surface area contributed by atoms with Crippen LogP contribution in [0.15, 0.2) is 54.9 Å². The molecule has 0 unspecified atom stereocenters. The van der Waals surface area contributed by atoms with Gasteiger partial charge in [0.15, 0.2) is 5.78 Å². The van der Waals surface area contributed by atoms with Crippen molar-refractivity contribution < 1.29 is 14.3 Å². The highest BCUT2D eigenvalue weighted by Gasteiger charge is 2.07. The largest absolute Gasteiger partial charge is 0.497 e. The summed E-state index contributed by atoms with van der Waals surface area (Å²) in [6.07, 6.45) is 6.56. The van der Waals surface area contributed by atoms with Crippen molar-refractivity contribution >= 4 is 22.9 Å². The molecular formula is C19H16N2O3. The molecule has 0 aliphatic carbocycles. The van der Waals surface area contributed by atoms with Gasteiger partial charge in [0.2, 0.25) is 0 Å². The van der Waals surface area contributed by atoms with Crippen molar-refractivity contribution in [1.29, 1.82) is 0 Å². The Morgan fingerprint density at radius 3 is 2.25 bits per heavy atom. The van der Waals surface area contributed by atoms with Crippen molar-refractivity contribution in [2.24, 2.45) is 0 Å². The quantitative estimate of drug-likeness (QED) is 0.531. The van der Waals surface area contributed by atoms with Crippen LogP contribution >= 0.6 is 0 Å². The third-order valence-corrected chi connectivity index (χ3v) is 3.56. The van der Waals surface area contributed by atoms with Gasteiger partial charge in [0.1, 0.15) is 11.5 Å². The second-order valence-electron chi connectivity index (χ2n) is 5.10. The molecule has 0 bridgehead atoms. The monoisotopic (exact) mass is 320 g/mol. The smallest absolute Gasteiger partial charge is 0.186 e. The molecule has 0 saturated heterocycles. The lowest BCUT2D eigenvalue weighted by molar-refractivity contribution is 0.104. The topological polar surface area (TPSA) is 61.3 Å². The van der Waals surface area contributed by atoms with Crippen LogP contribution in [0.2, 0.25) is 0 Å². The number of allylic oxidation sites excluding steroid dienone is 1. The third-order valence-electron chi connectivity index (χ3n) is 3.56. The van der Waals surface area contributed by atoms with E-state index in [9.17, 15) is 4.79 Å². The van der Waals surface area contributed by atoms with E-state index < -0.39 is 0 Å². The Bertz CT molecular complexity index is 897. The van der Waals surface area contributed by atoms with Gasteiger partial charge in [-0.2, -0.15) is 0 Å². The Morgan fingerprint density at radius 2 is 1.58 bits per heavy atom. The number of nitrogens with zero attached hydrogens (tertiary/aromatic N) is 2. The van der Waals surface area contributed by atoms with E-state index in [0.29, 0.717) is 17.1 Å². The van der Waals surface area contributed by atoms with Crippen LogP contribution in [-0.2, 0) is 0 Å². The molecular weight excluding hydrogens is 304 g/mol.